The number of carbonyl (C=O) groups is 2. The van der Waals surface area contributed by atoms with Crippen LogP contribution in [-0.4, -0.2) is 24.1 Å². The molecule has 4 rings (SSSR count). The molecule has 2 fully saturated rings. The fraction of sp³-hybridized carbons (Fsp3) is 0.444. The van der Waals surface area contributed by atoms with Crippen LogP contribution in [0.3, 0.4) is 0 Å². The van der Waals surface area contributed by atoms with Crippen LogP contribution >= 0.6 is 0 Å². The zero-order chi connectivity index (χ0) is 16.2. The Bertz CT molecular complexity index is 707. The van der Waals surface area contributed by atoms with Gasteiger partial charge in [0, 0.05) is 11.8 Å². The van der Waals surface area contributed by atoms with Gasteiger partial charge in [0.25, 0.3) is 0 Å². The highest BCUT2D eigenvalue weighted by Crippen LogP contribution is 2.72. The van der Waals surface area contributed by atoms with Gasteiger partial charge in [0.1, 0.15) is 5.75 Å². The molecule has 0 aliphatic heterocycles. The second kappa shape index (κ2) is 4.85. The Kier molecular flexibility index (Phi) is 3.01. The number of aliphatic carboxylic acids is 1. The number of carboxylic acids is 1. The van der Waals surface area contributed by atoms with E-state index in [0.717, 1.165) is 12.8 Å². The molecule has 23 heavy (non-hydrogen) atoms. The van der Waals surface area contributed by atoms with Crippen LogP contribution in [-0.2, 0) is 9.59 Å². The van der Waals surface area contributed by atoms with Gasteiger partial charge in [-0.15, -0.1) is 0 Å². The molecule has 2 N–H and O–H groups in total. The number of methoxy groups -OCH3 is 1. The third kappa shape index (κ3) is 1.99. The Hall–Kier alpha value is -2.30. The topological polar surface area (TPSA) is 75.6 Å². The molecule has 1 amide bonds. The predicted molar refractivity (Wildman–Crippen MR) is 84.0 cm³/mol. The van der Waals surface area contributed by atoms with Crippen LogP contribution in [0.2, 0.25) is 0 Å². The largest absolute Gasteiger partial charge is 0.497 e. The minimum Gasteiger partial charge on any atom is -0.497 e. The molecule has 1 spiro atoms. The molecule has 3 aliphatic rings. The highest BCUT2D eigenvalue weighted by Gasteiger charge is 2.70. The van der Waals surface area contributed by atoms with Gasteiger partial charge in [0.15, 0.2) is 0 Å². The molecule has 0 unspecified atom stereocenters. The second-order valence-electron chi connectivity index (χ2n) is 6.78. The second-order valence-corrected chi connectivity index (χ2v) is 6.78. The highest BCUT2D eigenvalue weighted by atomic mass is 16.5. The molecule has 2 saturated carbocycles. The summed E-state index contributed by atoms with van der Waals surface area (Å²) in [7, 11) is 1.57. The van der Waals surface area contributed by atoms with Crippen molar-refractivity contribution in [1.82, 2.24) is 0 Å². The van der Waals surface area contributed by atoms with Crippen LogP contribution in [0.4, 0.5) is 5.69 Å². The number of rotatable bonds is 4. The van der Waals surface area contributed by atoms with E-state index in [9.17, 15) is 14.7 Å². The van der Waals surface area contributed by atoms with E-state index in [1.165, 1.54) is 0 Å². The van der Waals surface area contributed by atoms with Crippen LogP contribution in [0.5, 0.6) is 5.75 Å². The maximum absolute atomic E-state index is 12.8. The number of anilines is 1. The SMILES string of the molecule is COc1cccc(NC(=O)[C@@H]2[C@H](C(=O)O)[C@H]3C=C[C@H]2C32CC2)c1. The quantitative estimate of drug-likeness (QED) is 0.838. The lowest BCUT2D eigenvalue weighted by Crippen LogP contribution is -2.36. The van der Waals surface area contributed by atoms with Gasteiger partial charge in [-0.05, 0) is 42.2 Å². The summed E-state index contributed by atoms with van der Waals surface area (Å²) in [5.74, 6) is -1.45. The van der Waals surface area contributed by atoms with Crippen molar-refractivity contribution in [2.75, 3.05) is 12.4 Å². The van der Waals surface area contributed by atoms with Crippen LogP contribution in [0.15, 0.2) is 36.4 Å². The minimum absolute atomic E-state index is 0.00561. The first-order valence-corrected chi connectivity index (χ1v) is 7.93. The molecule has 5 heteroatoms. The molecule has 5 nitrogen and oxygen atoms in total. The van der Waals surface area contributed by atoms with Crippen LogP contribution in [0.1, 0.15) is 12.8 Å². The summed E-state index contributed by atoms with van der Waals surface area (Å²) < 4.78 is 5.16. The third-order valence-electron chi connectivity index (χ3n) is 5.77. The van der Waals surface area contributed by atoms with Crippen LogP contribution in [0, 0.1) is 29.1 Å². The summed E-state index contributed by atoms with van der Waals surface area (Å²) >= 11 is 0. The molecule has 1 aromatic carbocycles. The van der Waals surface area contributed by atoms with E-state index in [-0.39, 0.29) is 23.2 Å². The number of carboxylic acid groups (broad SMARTS) is 1. The van der Waals surface area contributed by atoms with E-state index in [4.69, 9.17) is 4.74 Å². The van der Waals surface area contributed by atoms with Gasteiger partial charge >= 0.3 is 5.97 Å². The average Bonchev–Trinajstić information content (AvgIpc) is 3.20. The van der Waals surface area contributed by atoms with Crippen molar-refractivity contribution in [3.63, 3.8) is 0 Å². The predicted octanol–water partition coefficient (Wildman–Crippen LogP) is 2.55. The lowest BCUT2D eigenvalue weighted by atomic mass is 9.82. The van der Waals surface area contributed by atoms with Crippen LogP contribution < -0.4 is 10.1 Å². The first kappa shape index (κ1) is 14.3. The lowest BCUT2D eigenvalue weighted by molar-refractivity contribution is -0.146. The summed E-state index contributed by atoms with van der Waals surface area (Å²) in [5, 5.41) is 12.5. The van der Waals surface area contributed by atoms with Crippen molar-refractivity contribution in [1.29, 1.82) is 0 Å². The molecule has 0 heterocycles. The van der Waals surface area contributed by atoms with E-state index in [1.54, 1.807) is 31.4 Å². The molecule has 0 saturated heterocycles. The molecular weight excluding hydrogens is 294 g/mol. The molecule has 4 atom stereocenters. The molecule has 120 valence electrons. The Labute approximate surface area is 134 Å². The number of allylic oxidation sites excluding steroid dienone is 2. The summed E-state index contributed by atoms with van der Waals surface area (Å²) in [5.41, 5.74) is 0.675. The zero-order valence-electron chi connectivity index (χ0n) is 12.9. The summed E-state index contributed by atoms with van der Waals surface area (Å²) in [4.78, 5) is 24.5. The Morgan fingerprint density at radius 2 is 1.91 bits per heavy atom. The fourth-order valence-electron chi connectivity index (χ4n) is 4.62. The van der Waals surface area contributed by atoms with E-state index < -0.39 is 17.8 Å². The molecule has 1 aromatic rings. The van der Waals surface area contributed by atoms with E-state index in [0.29, 0.717) is 11.4 Å². The maximum atomic E-state index is 12.8. The van der Waals surface area contributed by atoms with Gasteiger partial charge < -0.3 is 15.2 Å². The molecule has 0 aromatic heterocycles. The van der Waals surface area contributed by atoms with Gasteiger partial charge in [-0.1, -0.05) is 18.2 Å². The maximum Gasteiger partial charge on any atom is 0.307 e. The molecular formula is C18H19NO4. The lowest BCUT2D eigenvalue weighted by Gasteiger charge is -2.23. The number of ether oxygens (including phenoxy) is 1. The Balaban J connectivity index is 1.60. The van der Waals surface area contributed by atoms with Crippen molar-refractivity contribution in [3.8, 4) is 5.75 Å². The zero-order valence-corrected chi connectivity index (χ0v) is 12.9. The number of carbonyl (C=O) groups excluding carboxylic acids is 1. The molecule has 2 bridgehead atoms. The van der Waals surface area contributed by atoms with Gasteiger partial charge in [-0.3, -0.25) is 9.59 Å². The normalized spacial score (nSPS) is 32.0. The Morgan fingerprint density at radius 1 is 1.22 bits per heavy atom. The summed E-state index contributed by atoms with van der Waals surface area (Å²) in [6.07, 6.45) is 6.14. The van der Waals surface area contributed by atoms with E-state index in [1.807, 2.05) is 6.08 Å². The van der Waals surface area contributed by atoms with Gasteiger partial charge in [0.2, 0.25) is 5.91 Å². The number of nitrogens with one attached hydrogen (secondary N) is 1. The number of hydrogen-bond donors (Lipinski definition) is 2. The van der Waals surface area contributed by atoms with Crippen molar-refractivity contribution >= 4 is 17.6 Å². The first-order chi connectivity index (χ1) is 11.1. The minimum atomic E-state index is -0.862. The number of benzene rings is 1. The molecule has 3 aliphatic carbocycles. The van der Waals surface area contributed by atoms with Gasteiger partial charge in [0.05, 0.1) is 18.9 Å². The first-order valence-electron chi connectivity index (χ1n) is 7.93. The van der Waals surface area contributed by atoms with E-state index in [2.05, 4.69) is 11.4 Å². The molecule has 0 radical (unpaired) electrons. The Morgan fingerprint density at radius 3 is 2.52 bits per heavy atom. The van der Waals surface area contributed by atoms with Crippen molar-refractivity contribution in [2.24, 2.45) is 29.1 Å². The number of hydrogen-bond acceptors (Lipinski definition) is 3. The van der Waals surface area contributed by atoms with E-state index >= 15 is 0 Å². The third-order valence-corrected chi connectivity index (χ3v) is 5.77. The standard InChI is InChI=1S/C18H19NO4/c1-23-11-4-2-3-10(9-11)19-16(20)14-12-5-6-13(15(14)17(21)22)18(12)7-8-18/h2-6,9,12-15H,7-8H2,1H3,(H,19,20)(H,21,22)/t12-,13-,14+,15-/m1/s1. The highest BCUT2D eigenvalue weighted by molar-refractivity contribution is 5.96. The van der Waals surface area contributed by atoms with Gasteiger partial charge in [-0.2, -0.15) is 0 Å². The summed E-state index contributed by atoms with van der Waals surface area (Å²) in [6.45, 7) is 0. The average molecular weight is 313 g/mol. The summed E-state index contributed by atoms with van der Waals surface area (Å²) in [6, 6.07) is 7.12. The monoisotopic (exact) mass is 313 g/mol. The number of amides is 1. The van der Waals surface area contributed by atoms with Crippen LogP contribution in [0.25, 0.3) is 0 Å². The van der Waals surface area contributed by atoms with Crippen molar-refractivity contribution in [3.05, 3.63) is 36.4 Å². The fourth-order valence-corrected chi connectivity index (χ4v) is 4.62. The smallest absolute Gasteiger partial charge is 0.307 e. The van der Waals surface area contributed by atoms with Gasteiger partial charge in [-0.25, -0.2) is 0 Å². The van der Waals surface area contributed by atoms with Crippen molar-refractivity contribution in [2.45, 2.75) is 12.8 Å². The van der Waals surface area contributed by atoms with Crippen molar-refractivity contribution < 1.29 is 19.4 Å².